The third-order valence-electron chi connectivity index (χ3n) is 3.75. The zero-order chi connectivity index (χ0) is 18.0. The Bertz CT molecular complexity index is 766. The van der Waals surface area contributed by atoms with E-state index >= 15 is 0 Å². The SMILES string of the molecule is CC(C)Oc1ccc(-c2nc(C(=O)N(CC(=O)O)C3CC3)cs2)cc1. The van der Waals surface area contributed by atoms with Crippen LogP contribution in [0.15, 0.2) is 29.6 Å². The number of carbonyl (C=O) groups excluding carboxylic acids is 1. The smallest absolute Gasteiger partial charge is 0.323 e. The van der Waals surface area contributed by atoms with Crippen molar-refractivity contribution in [3.8, 4) is 16.3 Å². The molecule has 2 aromatic rings. The maximum Gasteiger partial charge on any atom is 0.323 e. The summed E-state index contributed by atoms with van der Waals surface area (Å²) in [5.41, 5.74) is 1.20. The van der Waals surface area contributed by atoms with Gasteiger partial charge in [-0.1, -0.05) is 0 Å². The van der Waals surface area contributed by atoms with Crippen molar-refractivity contribution >= 4 is 23.2 Å². The maximum absolute atomic E-state index is 12.6. The van der Waals surface area contributed by atoms with E-state index in [2.05, 4.69) is 4.98 Å². The van der Waals surface area contributed by atoms with Gasteiger partial charge in [0, 0.05) is 17.0 Å². The molecule has 1 aromatic carbocycles. The van der Waals surface area contributed by atoms with Gasteiger partial charge in [0.25, 0.3) is 5.91 Å². The van der Waals surface area contributed by atoms with E-state index in [0.29, 0.717) is 5.69 Å². The molecule has 132 valence electrons. The number of amides is 1. The van der Waals surface area contributed by atoms with E-state index in [1.54, 1.807) is 5.38 Å². The van der Waals surface area contributed by atoms with Crippen molar-refractivity contribution in [3.63, 3.8) is 0 Å². The van der Waals surface area contributed by atoms with Gasteiger partial charge in [0.2, 0.25) is 0 Å². The van der Waals surface area contributed by atoms with E-state index < -0.39 is 5.97 Å². The molecule has 0 bridgehead atoms. The van der Waals surface area contributed by atoms with Gasteiger partial charge in [0.15, 0.2) is 0 Å². The lowest BCUT2D eigenvalue weighted by molar-refractivity contribution is -0.137. The number of hydrogen-bond acceptors (Lipinski definition) is 5. The molecule has 1 heterocycles. The fraction of sp³-hybridized carbons (Fsp3) is 0.389. The summed E-state index contributed by atoms with van der Waals surface area (Å²) in [6.45, 7) is 3.66. The van der Waals surface area contributed by atoms with Gasteiger partial charge in [-0.05, 0) is 51.0 Å². The van der Waals surface area contributed by atoms with Crippen LogP contribution in [-0.4, -0.2) is 45.6 Å². The first kappa shape index (κ1) is 17.4. The second-order valence-electron chi connectivity index (χ2n) is 6.29. The number of carboxylic acid groups (broad SMARTS) is 1. The van der Waals surface area contributed by atoms with E-state index in [9.17, 15) is 9.59 Å². The van der Waals surface area contributed by atoms with Crippen LogP contribution < -0.4 is 4.74 Å². The average molecular weight is 360 g/mol. The second kappa shape index (κ2) is 7.23. The van der Waals surface area contributed by atoms with Crippen LogP contribution in [0.2, 0.25) is 0 Å². The Morgan fingerprint density at radius 3 is 2.56 bits per heavy atom. The summed E-state index contributed by atoms with van der Waals surface area (Å²) in [5.74, 6) is -0.531. The molecule has 3 rings (SSSR count). The largest absolute Gasteiger partial charge is 0.491 e. The zero-order valence-electron chi connectivity index (χ0n) is 14.1. The molecular weight excluding hydrogens is 340 g/mol. The number of thiazole rings is 1. The van der Waals surface area contributed by atoms with Crippen LogP contribution in [0.5, 0.6) is 5.75 Å². The number of aliphatic carboxylic acids is 1. The molecule has 0 aliphatic heterocycles. The summed E-state index contributed by atoms with van der Waals surface area (Å²) in [6.07, 6.45) is 1.82. The molecule has 0 unspecified atom stereocenters. The quantitative estimate of drug-likeness (QED) is 0.819. The van der Waals surface area contributed by atoms with E-state index in [1.807, 2.05) is 38.1 Å². The van der Waals surface area contributed by atoms with Crippen LogP contribution in [-0.2, 0) is 4.79 Å². The summed E-state index contributed by atoms with van der Waals surface area (Å²) in [4.78, 5) is 29.4. The van der Waals surface area contributed by atoms with Crippen molar-refractivity contribution in [2.24, 2.45) is 0 Å². The van der Waals surface area contributed by atoms with Gasteiger partial charge in [-0.15, -0.1) is 11.3 Å². The number of ether oxygens (including phenoxy) is 1. The molecule has 1 amide bonds. The number of nitrogens with zero attached hydrogens (tertiary/aromatic N) is 2. The maximum atomic E-state index is 12.6. The van der Waals surface area contributed by atoms with Crippen molar-refractivity contribution in [3.05, 3.63) is 35.3 Å². The van der Waals surface area contributed by atoms with E-state index in [-0.39, 0.29) is 24.6 Å². The van der Waals surface area contributed by atoms with Crippen LogP contribution in [0, 0.1) is 0 Å². The highest BCUT2D eigenvalue weighted by atomic mass is 32.1. The minimum absolute atomic E-state index is 0.0289. The topological polar surface area (TPSA) is 79.7 Å². The van der Waals surface area contributed by atoms with E-state index in [0.717, 1.165) is 29.2 Å². The Kier molecular flexibility index (Phi) is 5.03. The van der Waals surface area contributed by atoms with Gasteiger partial charge in [-0.2, -0.15) is 0 Å². The normalized spacial score (nSPS) is 13.7. The van der Waals surface area contributed by atoms with Gasteiger partial charge in [0.05, 0.1) is 6.10 Å². The van der Waals surface area contributed by atoms with Crippen LogP contribution >= 0.6 is 11.3 Å². The zero-order valence-corrected chi connectivity index (χ0v) is 15.0. The number of rotatable bonds is 7. The molecule has 0 radical (unpaired) electrons. The first-order valence-electron chi connectivity index (χ1n) is 8.19. The summed E-state index contributed by atoms with van der Waals surface area (Å²) < 4.78 is 5.62. The van der Waals surface area contributed by atoms with Crippen LogP contribution in [0.3, 0.4) is 0 Å². The van der Waals surface area contributed by atoms with Gasteiger partial charge in [-0.25, -0.2) is 4.98 Å². The Morgan fingerprint density at radius 2 is 2.00 bits per heavy atom. The van der Waals surface area contributed by atoms with Crippen molar-refractivity contribution in [1.82, 2.24) is 9.88 Å². The lowest BCUT2D eigenvalue weighted by Crippen LogP contribution is -2.37. The summed E-state index contributed by atoms with van der Waals surface area (Å²) in [5, 5.41) is 11.4. The first-order valence-corrected chi connectivity index (χ1v) is 9.07. The fourth-order valence-corrected chi connectivity index (χ4v) is 3.30. The minimum atomic E-state index is -1.00. The lowest BCUT2D eigenvalue weighted by Gasteiger charge is -2.18. The van der Waals surface area contributed by atoms with Crippen molar-refractivity contribution in [2.45, 2.75) is 38.8 Å². The molecular formula is C18H20N2O4S. The molecule has 0 spiro atoms. The molecule has 0 atom stereocenters. The number of benzene rings is 1. The van der Waals surface area contributed by atoms with Gasteiger partial charge < -0.3 is 14.7 Å². The molecule has 6 nitrogen and oxygen atoms in total. The number of carbonyl (C=O) groups is 2. The van der Waals surface area contributed by atoms with Gasteiger partial charge in [0.1, 0.15) is 23.0 Å². The molecule has 0 saturated heterocycles. The van der Waals surface area contributed by atoms with Crippen LogP contribution in [0.25, 0.3) is 10.6 Å². The monoisotopic (exact) mass is 360 g/mol. The predicted molar refractivity (Wildman–Crippen MR) is 95.0 cm³/mol. The molecule has 1 aromatic heterocycles. The highest BCUT2D eigenvalue weighted by Gasteiger charge is 2.35. The van der Waals surface area contributed by atoms with Crippen LogP contribution in [0.4, 0.5) is 0 Å². The third-order valence-corrected chi connectivity index (χ3v) is 4.64. The number of aromatic nitrogens is 1. The van der Waals surface area contributed by atoms with E-state index in [1.165, 1.54) is 16.2 Å². The molecule has 1 fully saturated rings. The van der Waals surface area contributed by atoms with Crippen molar-refractivity contribution in [2.75, 3.05) is 6.54 Å². The molecule has 7 heteroatoms. The van der Waals surface area contributed by atoms with Gasteiger partial charge >= 0.3 is 5.97 Å². The summed E-state index contributed by atoms with van der Waals surface area (Å²) in [6, 6.07) is 7.58. The standard InChI is InChI=1S/C18H20N2O4S/c1-11(2)24-14-7-3-12(4-8-14)17-19-15(10-25-17)18(23)20(9-16(21)22)13-5-6-13/h3-4,7-8,10-11,13H,5-6,9H2,1-2H3,(H,21,22). The van der Waals surface area contributed by atoms with Crippen molar-refractivity contribution < 1.29 is 19.4 Å². The predicted octanol–water partition coefficient (Wildman–Crippen LogP) is 3.29. The minimum Gasteiger partial charge on any atom is -0.491 e. The fourth-order valence-electron chi connectivity index (χ4n) is 2.50. The Labute approximate surface area is 150 Å². The van der Waals surface area contributed by atoms with Crippen molar-refractivity contribution in [1.29, 1.82) is 0 Å². The molecule has 25 heavy (non-hydrogen) atoms. The molecule has 1 aliphatic carbocycles. The Morgan fingerprint density at radius 1 is 1.32 bits per heavy atom. The van der Waals surface area contributed by atoms with Gasteiger partial charge in [-0.3, -0.25) is 9.59 Å². The first-order chi connectivity index (χ1) is 11.9. The molecule has 1 saturated carbocycles. The summed E-state index contributed by atoms with van der Waals surface area (Å²) in [7, 11) is 0. The number of hydrogen-bond donors (Lipinski definition) is 1. The highest BCUT2D eigenvalue weighted by Crippen LogP contribution is 2.30. The summed E-state index contributed by atoms with van der Waals surface area (Å²) >= 11 is 1.37. The molecule has 1 aliphatic rings. The second-order valence-corrected chi connectivity index (χ2v) is 7.14. The molecule has 1 N–H and O–H groups in total. The highest BCUT2D eigenvalue weighted by molar-refractivity contribution is 7.13. The average Bonchev–Trinajstić information content (AvgIpc) is 3.28. The lowest BCUT2D eigenvalue weighted by atomic mass is 10.2. The third kappa shape index (κ3) is 4.36. The van der Waals surface area contributed by atoms with E-state index in [4.69, 9.17) is 9.84 Å². The Balaban J connectivity index is 1.75. The Hall–Kier alpha value is -2.41. The number of carboxylic acids is 1. The van der Waals surface area contributed by atoms with Crippen LogP contribution in [0.1, 0.15) is 37.2 Å².